The lowest BCUT2D eigenvalue weighted by atomic mass is 10.1. The summed E-state index contributed by atoms with van der Waals surface area (Å²) in [5, 5.41) is 14.6. The Balaban J connectivity index is 2.56. The smallest absolute Gasteiger partial charge is 0.0700 e. The fourth-order valence-electron chi connectivity index (χ4n) is 1.92. The number of aromatic nitrogens is 2. The van der Waals surface area contributed by atoms with Gasteiger partial charge in [0.2, 0.25) is 0 Å². The average molecular weight is 204 g/mol. The molecule has 1 heterocycles. The molecule has 80 valence electrons. The number of nitrogens with zero attached hydrogens (tertiary/aromatic N) is 2. The summed E-state index contributed by atoms with van der Waals surface area (Å²) in [5.41, 5.74) is 3.46. The fraction of sp³-hybridized carbons (Fsp3) is 0.417. The molecule has 0 bridgehead atoms. The van der Waals surface area contributed by atoms with Gasteiger partial charge in [0.05, 0.1) is 11.2 Å². The van der Waals surface area contributed by atoms with E-state index in [0.29, 0.717) is 6.42 Å². The maximum Gasteiger partial charge on any atom is 0.0700 e. The fourth-order valence-corrected chi connectivity index (χ4v) is 1.92. The van der Waals surface area contributed by atoms with Gasteiger partial charge in [0.15, 0.2) is 0 Å². The Morgan fingerprint density at radius 2 is 2.20 bits per heavy atom. The van der Waals surface area contributed by atoms with Gasteiger partial charge >= 0.3 is 0 Å². The summed E-state index contributed by atoms with van der Waals surface area (Å²) in [6.45, 7) is 2.31. The van der Waals surface area contributed by atoms with E-state index >= 15 is 0 Å². The first-order valence-corrected chi connectivity index (χ1v) is 5.31. The van der Waals surface area contributed by atoms with Crippen LogP contribution in [0.5, 0.6) is 0 Å². The number of fused-ring (bicyclic) bond motifs is 1. The molecule has 0 aliphatic carbocycles. The van der Waals surface area contributed by atoms with Gasteiger partial charge < -0.3 is 5.11 Å². The lowest BCUT2D eigenvalue weighted by Gasteiger charge is -1.99. The maximum absolute atomic E-state index is 8.89. The molecule has 1 N–H and O–H groups in total. The van der Waals surface area contributed by atoms with Crippen LogP contribution < -0.4 is 0 Å². The van der Waals surface area contributed by atoms with Crippen molar-refractivity contribution >= 4 is 10.9 Å². The van der Waals surface area contributed by atoms with Gasteiger partial charge in [0.25, 0.3) is 0 Å². The van der Waals surface area contributed by atoms with Crippen molar-refractivity contribution in [3.8, 4) is 0 Å². The van der Waals surface area contributed by atoms with E-state index in [0.717, 1.165) is 23.2 Å². The van der Waals surface area contributed by atoms with Gasteiger partial charge in [-0.25, -0.2) is 0 Å². The second kappa shape index (κ2) is 4.03. The summed E-state index contributed by atoms with van der Waals surface area (Å²) < 4.78 is 1.91. The highest BCUT2D eigenvalue weighted by Crippen LogP contribution is 2.20. The van der Waals surface area contributed by atoms with E-state index in [1.54, 1.807) is 0 Å². The van der Waals surface area contributed by atoms with Crippen LogP contribution in [0.2, 0.25) is 0 Å². The Kier molecular flexibility index (Phi) is 2.73. The average Bonchev–Trinajstić information content (AvgIpc) is 2.56. The molecule has 15 heavy (non-hydrogen) atoms. The van der Waals surface area contributed by atoms with Gasteiger partial charge in [-0.05, 0) is 24.5 Å². The van der Waals surface area contributed by atoms with Gasteiger partial charge in [-0.3, -0.25) is 4.68 Å². The van der Waals surface area contributed by atoms with Crippen molar-refractivity contribution in [2.75, 3.05) is 6.61 Å². The van der Waals surface area contributed by atoms with Gasteiger partial charge in [0.1, 0.15) is 0 Å². The first-order valence-electron chi connectivity index (χ1n) is 5.31. The van der Waals surface area contributed by atoms with Crippen molar-refractivity contribution in [2.24, 2.45) is 7.05 Å². The molecule has 1 aromatic carbocycles. The lowest BCUT2D eigenvalue weighted by Crippen LogP contribution is -1.93. The van der Waals surface area contributed by atoms with Crippen LogP contribution in [0.4, 0.5) is 0 Å². The van der Waals surface area contributed by atoms with E-state index in [4.69, 9.17) is 5.11 Å². The Morgan fingerprint density at radius 3 is 2.87 bits per heavy atom. The number of aliphatic hydroxyl groups is 1. The van der Waals surface area contributed by atoms with Crippen molar-refractivity contribution < 1.29 is 5.11 Å². The highest BCUT2D eigenvalue weighted by Gasteiger charge is 2.06. The zero-order valence-corrected chi connectivity index (χ0v) is 9.20. The monoisotopic (exact) mass is 204 g/mol. The molecule has 0 saturated heterocycles. The number of rotatable bonds is 3. The molecule has 0 fully saturated rings. The maximum atomic E-state index is 8.89. The Bertz CT molecular complexity index is 474. The first kappa shape index (κ1) is 10.2. The molecule has 3 nitrogen and oxygen atoms in total. The van der Waals surface area contributed by atoms with Crippen molar-refractivity contribution in [3.63, 3.8) is 0 Å². The highest BCUT2D eigenvalue weighted by atomic mass is 16.2. The molecule has 1 aromatic heterocycles. The van der Waals surface area contributed by atoms with Crippen LogP contribution in [0.25, 0.3) is 10.9 Å². The number of hydrogen-bond acceptors (Lipinski definition) is 2. The summed E-state index contributed by atoms with van der Waals surface area (Å²) in [4.78, 5) is 0. The van der Waals surface area contributed by atoms with Crippen LogP contribution in [0.15, 0.2) is 18.2 Å². The van der Waals surface area contributed by atoms with E-state index in [2.05, 4.69) is 30.2 Å². The third kappa shape index (κ3) is 1.75. The normalized spacial score (nSPS) is 11.1. The molecular weight excluding hydrogens is 188 g/mol. The second-order valence-electron chi connectivity index (χ2n) is 3.75. The molecule has 0 aliphatic heterocycles. The standard InChI is InChI=1S/C12H16N2O/c1-3-11-10-5-4-9(6-7-15)8-12(10)14(2)13-11/h4-5,8,15H,3,6-7H2,1-2H3. The second-order valence-corrected chi connectivity index (χ2v) is 3.75. The van der Waals surface area contributed by atoms with E-state index in [1.165, 1.54) is 5.39 Å². The van der Waals surface area contributed by atoms with Crippen molar-refractivity contribution in [3.05, 3.63) is 29.5 Å². The third-order valence-electron chi connectivity index (χ3n) is 2.73. The Labute approximate surface area is 89.3 Å². The largest absolute Gasteiger partial charge is 0.396 e. The van der Waals surface area contributed by atoms with Crippen LogP contribution in [-0.2, 0) is 19.9 Å². The predicted octanol–water partition coefficient (Wildman–Crippen LogP) is 1.67. The van der Waals surface area contributed by atoms with Crippen molar-refractivity contribution in [1.82, 2.24) is 9.78 Å². The predicted molar refractivity (Wildman–Crippen MR) is 60.9 cm³/mol. The summed E-state index contributed by atoms with van der Waals surface area (Å²) in [6, 6.07) is 6.28. The third-order valence-corrected chi connectivity index (χ3v) is 2.73. The first-order chi connectivity index (χ1) is 7.26. The van der Waals surface area contributed by atoms with Gasteiger partial charge in [-0.15, -0.1) is 0 Å². The summed E-state index contributed by atoms with van der Waals surface area (Å²) in [5.74, 6) is 0. The minimum atomic E-state index is 0.198. The van der Waals surface area contributed by atoms with Crippen molar-refractivity contribution in [1.29, 1.82) is 0 Å². The minimum absolute atomic E-state index is 0.198. The summed E-state index contributed by atoms with van der Waals surface area (Å²) >= 11 is 0. The molecule has 0 amide bonds. The van der Waals surface area contributed by atoms with Gasteiger partial charge in [0, 0.05) is 19.0 Å². The molecule has 0 spiro atoms. The molecule has 0 saturated carbocycles. The summed E-state index contributed by atoms with van der Waals surface area (Å²) in [7, 11) is 1.96. The Hall–Kier alpha value is -1.35. The number of aliphatic hydroxyl groups excluding tert-OH is 1. The quantitative estimate of drug-likeness (QED) is 0.826. The zero-order valence-electron chi connectivity index (χ0n) is 9.20. The SMILES string of the molecule is CCc1nn(C)c2cc(CCO)ccc12. The van der Waals surface area contributed by atoms with E-state index in [-0.39, 0.29) is 6.61 Å². The van der Waals surface area contributed by atoms with Crippen LogP contribution in [-0.4, -0.2) is 21.5 Å². The van der Waals surface area contributed by atoms with E-state index in [9.17, 15) is 0 Å². The number of hydrogen-bond donors (Lipinski definition) is 1. The molecule has 3 heteroatoms. The summed E-state index contributed by atoms with van der Waals surface area (Å²) in [6.07, 6.45) is 1.67. The van der Waals surface area contributed by atoms with Crippen LogP contribution in [0.1, 0.15) is 18.2 Å². The zero-order chi connectivity index (χ0) is 10.8. The Morgan fingerprint density at radius 1 is 1.40 bits per heavy atom. The molecular formula is C12H16N2O. The molecule has 0 atom stereocenters. The lowest BCUT2D eigenvalue weighted by molar-refractivity contribution is 0.299. The van der Waals surface area contributed by atoms with Crippen LogP contribution >= 0.6 is 0 Å². The molecule has 0 radical (unpaired) electrons. The molecule has 2 rings (SSSR count). The molecule has 2 aromatic rings. The van der Waals surface area contributed by atoms with Gasteiger partial charge in [-0.1, -0.05) is 19.1 Å². The van der Waals surface area contributed by atoms with Gasteiger partial charge in [-0.2, -0.15) is 5.10 Å². The molecule has 0 unspecified atom stereocenters. The topological polar surface area (TPSA) is 38.0 Å². The van der Waals surface area contributed by atoms with Crippen molar-refractivity contribution in [2.45, 2.75) is 19.8 Å². The number of aryl methyl sites for hydroxylation is 2. The molecule has 0 aliphatic rings. The van der Waals surface area contributed by atoms with Crippen LogP contribution in [0, 0.1) is 0 Å². The minimum Gasteiger partial charge on any atom is -0.396 e. The van der Waals surface area contributed by atoms with Crippen LogP contribution in [0.3, 0.4) is 0 Å². The van der Waals surface area contributed by atoms with E-state index < -0.39 is 0 Å². The highest BCUT2D eigenvalue weighted by molar-refractivity contribution is 5.82. The van der Waals surface area contributed by atoms with E-state index in [1.807, 2.05) is 11.7 Å². The number of benzene rings is 1.